The number of carbonyl (C=O) groups excluding carboxylic acids is 1. The Morgan fingerprint density at radius 2 is 1.35 bits per heavy atom. The Labute approximate surface area is 255 Å². The molecule has 0 aliphatic heterocycles. The SMILES string of the molecule is CCCc1ccc(C(=O)OC2CCC(C(F)(F)Oc3cc(F)c(C(F)(F)Oc4ccc(C(F)(F)F)c(F)c4)c(F)c3)CC2)c(F)c1. The lowest BCUT2D eigenvalue weighted by molar-refractivity contribution is -0.225. The minimum Gasteiger partial charge on any atom is -0.459 e. The topological polar surface area (TPSA) is 44.8 Å². The predicted octanol–water partition coefficient (Wildman–Crippen LogP) is 9.73. The fourth-order valence-electron chi connectivity index (χ4n) is 5.02. The molecule has 0 spiro atoms. The van der Waals surface area contributed by atoms with Crippen LogP contribution in [0.3, 0.4) is 0 Å². The fraction of sp³-hybridized carbons (Fsp3) is 0.387. The number of aryl methyl sites for hydroxylation is 1. The van der Waals surface area contributed by atoms with Crippen LogP contribution in [0.4, 0.5) is 48.3 Å². The maximum atomic E-state index is 14.9. The summed E-state index contributed by atoms with van der Waals surface area (Å²) in [5, 5.41) is 0. The molecule has 4 nitrogen and oxygen atoms in total. The normalized spacial score (nSPS) is 17.5. The van der Waals surface area contributed by atoms with Gasteiger partial charge in [0.1, 0.15) is 46.4 Å². The maximum Gasteiger partial charge on any atom is 0.432 e. The molecule has 46 heavy (non-hydrogen) atoms. The third kappa shape index (κ3) is 8.02. The maximum absolute atomic E-state index is 14.9. The molecule has 1 fully saturated rings. The Balaban J connectivity index is 1.38. The number of rotatable bonds is 10. The van der Waals surface area contributed by atoms with Crippen molar-refractivity contribution in [2.45, 2.75) is 69.9 Å². The fourth-order valence-corrected chi connectivity index (χ4v) is 5.02. The first-order chi connectivity index (χ1) is 21.4. The van der Waals surface area contributed by atoms with Crippen molar-refractivity contribution in [1.82, 2.24) is 0 Å². The highest BCUT2D eigenvalue weighted by Gasteiger charge is 2.46. The number of hydrogen-bond acceptors (Lipinski definition) is 4. The largest absolute Gasteiger partial charge is 0.459 e. The van der Waals surface area contributed by atoms with E-state index in [1.165, 1.54) is 12.1 Å². The Morgan fingerprint density at radius 1 is 0.739 bits per heavy atom. The van der Waals surface area contributed by atoms with Crippen molar-refractivity contribution < 1.29 is 67.3 Å². The number of hydrogen-bond donors (Lipinski definition) is 0. The van der Waals surface area contributed by atoms with Gasteiger partial charge in [-0.1, -0.05) is 19.4 Å². The highest BCUT2D eigenvalue weighted by atomic mass is 19.4. The van der Waals surface area contributed by atoms with Crippen molar-refractivity contribution in [3.8, 4) is 11.5 Å². The third-order valence-electron chi connectivity index (χ3n) is 7.27. The molecule has 1 aliphatic carbocycles. The van der Waals surface area contributed by atoms with Crippen LogP contribution < -0.4 is 9.47 Å². The molecule has 0 amide bonds. The molecule has 250 valence electrons. The molecule has 15 heteroatoms. The van der Waals surface area contributed by atoms with Gasteiger partial charge in [0.15, 0.2) is 0 Å². The third-order valence-corrected chi connectivity index (χ3v) is 7.27. The molecule has 0 N–H and O–H groups in total. The van der Waals surface area contributed by atoms with Crippen molar-refractivity contribution in [1.29, 1.82) is 0 Å². The molecule has 3 aromatic rings. The average Bonchev–Trinajstić information content (AvgIpc) is 2.92. The molecular formula is C31H25F11O4. The van der Waals surface area contributed by atoms with Gasteiger partial charge in [0.2, 0.25) is 0 Å². The van der Waals surface area contributed by atoms with Crippen LogP contribution in [0.2, 0.25) is 0 Å². The van der Waals surface area contributed by atoms with Gasteiger partial charge in [-0.05, 0) is 61.9 Å². The molecule has 1 saturated carbocycles. The van der Waals surface area contributed by atoms with Crippen LogP contribution in [0.1, 0.15) is 66.1 Å². The van der Waals surface area contributed by atoms with Crippen LogP contribution in [0.15, 0.2) is 48.5 Å². The monoisotopic (exact) mass is 670 g/mol. The van der Waals surface area contributed by atoms with Crippen molar-refractivity contribution in [3.05, 3.63) is 94.1 Å². The second-order valence-electron chi connectivity index (χ2n) is 10.6. The summed E-state index contributed by atoms with van der Waals surface area (Å²) in [6, 6.07) is 4.43. The van der Waals surface area contributed by atoms with E-state index < -0.39 is 82.3 Å². The molecule has 3 aromatic carbocycles. The molecule has 0 unspecified atom stereocenters. The van der Waals surface area contributed by atoms with E-state index in [1.807, 2.05) is 6.92 Å². The van der Waals surface area contributed by atoms with Gasteiger partial charge in [-0.3, -0.25) is 0 Å². The smallest absolute Gasteiger partial charge is 0.432 e. The zero-order chi connectivity index (χ0) is 34.0. The second kappa shape index (κ2) is 13.4. The van der Waals surface area contributed by atoms with Gasteiger partial charge in [0, 0.05) is 18.2 Å². The summed E-state index contributed by atoms with van der Waals surface area (Å²) in [7, 11) is 0. The molecule has 0 atom stereocenters. The quantitative estimate of drug-likeness (QED) is 0.159. The lowest BCUT2D eigenvalue weighted by atomic mass is 9.86. The number of halogens is 11. The minimum absolute atomic E-state index is 0.0324. The summed E-state index contributed by atoms with van der Waals surface area (Å²) >= 11 is 0. The van der Waals surface area contributed by atoms with E-state index in [9.17, 15) is 53.1 Å². The van der Waals surface area contributed by atoms with Gasteiger partial charge >= 0.3 is 24.4 Å². The summed E-state index contributed by atoms with van der Waals surface area (Å²) in [4.78, 5) is 12.4. The lowest BCUT2D eigenvalue weighted by Gasteiger charge is -2.33. The van der Waals surface area contributed by atoms with Crippen LogP contribution in [-0.2, 0) is 23.4 Å². The average molecular weight is 671 g/mol. The van der Waals surface area contributed by atoms with Crippen molar-refractivity contribution in [3.63, 3.8) is 0 Å². The van der Waals surface area contributed by atoms with E-state index in [-0.39, 0.29) is 55.5 Å². The molecule has 0 radical (unpaired) electrons. The highest BCUT2D eigenvalue weighted by molar-refractivity contribution is 5.89. The van der Waals surface area contributed by atoms with Crippen LogP contribution in [0.5, 0.6) is 11.5 Å². The molecule has 0 saturated heterocycles. The lowest BCUT2D eigenvalue weighted by Crippen LogP contribution is -2.39. The Kier molecular flexibility index (Phi) is 10.1. The molecular weight excluding hydrogens is 645 g/mol. The molecule has 0 heterocycles. The van der Waals surface area contributed by atoms with Crippen molar-refractivity contribution in [2.75, 3.05) is 0 Å². The van der Waals surface area contributed by atoms with E-state index in [1.54, 1.807) is 6.07 Å². The van der Waals surface area contributed by atoms with Crippen molar-refractivity contribution >= 4 is 5.97 Å². The van der Waals surface area contributed by atoms with E-state index >= 15 is 0 Å². The Hall–Kier alpha value is -4.04. The molecule has 0 aromatic heterocycles. The highest BCUT2D eigenvalue weighted by Crippen LogP contribution is 2.42. The van der Waals surface area contributed by atoms with Crippen LogP contribution in [0, 0.1) is 29.2 Å². The van der Waals surface area contributed by atoms with Crippen LogP contribution in [0.25, 0.3) is 0 Å². The van der Waals surface area contributed by atoms with Gasteiger partial charge in [0.05, 0.1) is 17.0 Å². The Bertz CT molecular complexity index is 1540. The first-order valence-corrected chi connectivity index (χ1v) is 13.9. The second-order valence-corrected chi connectivity index (χ2v) is 10.6. The first-order valence-electron chi connectivity index (χ1n) is 13.9. The summed E-state index contributed by atoms with van der Waals surface area (Å²) in [6.45, 7) is 1.90. The zero-order valence-electron chi connectivity index (χ0n) is 23.8. The molecule has 1 aliphatic rings. The van der Waals surface area contributed by atoms with Gasteiger partial charge in [-0.25, -0.2) is 22.4 Å². The Morgan fingerprint density at radius 3 is 1.89 bits per heavy atom. The summed E-state index contributed by atoms with van der Waals surface area (Å²) in [5.41, 5.74) is -3.53. The predicted molar refractivity (Wildman–Crippen MR) is 139 cm³/mol. The number of ether oxygens (including phenoxy) is 3. The van der Waals surface area contributed by atoms with Crippen LogP contribution in [-0.4, -0.2) is 18.2 Å². The van der Waals surface area contributed by atoms with E-state index in [0.717, 1.165) is 6.42 Å². The van der Waals surface area contributed by atoms with Gasteiger partial charge < -0.3 is 14.2 Å². The number of carbonyl (C=O) groups is 1. The van der Waals surface area contributed by atoms with Gasteiger partial charge in [-0.2, -0.15) is 30.7 Å². The number of alkyl halides is 7. The van der Waals surface area contributed by atoms with E-state index in [4.69, 9.17) is 4.74 Å². The summed E-state index contributed by atoms with van der Waals surface area (Å²) < 4.78 is 168. The minimum atomic E-state index is -5.16. The van der Waals surface area contributed by atoms with Gasteiger partial charge in [0.25, 0.3) is 0 Å². The summed E-state index contributed by atoms with van der Waals surface area (Å²) in [6.07, 6.45) is -14.3. The van der Waals surface area contributed by atoms with Crippen LogP contribution >= 0.6 is 0 Å². The zero-order valence-corrected chi connectivity index (χ0v) is 23.8. The molecule has 4 rings (SSSR count). The first kappa shape index (κ1) is 34.8. The summed E-state index contributed by atoms with van der Waals surface area (Å²) in [5.74, 6) is -11.9. The van der Waals surface area contributed by atoms with E-state index in [2.05, 4.69) is 9.47 Å². The number of benzene rings is 3. The standard InChI is InChI=1S/C31H25F11O4/c1-2-3-16-4-10-21(23(32)12-16)28(43)44-18-7-5-17(6-8-18)30(39,40)46-20-14-25(34)27(26(35)15-20)31(41,42)45-19-9-11-22(24(33)13-19)29(36,37)38/h4,9-15,17-18H,2-3,5-8H2,1H3. The molecule has 0 bridgehead atoms. The van der Waals surface area contributed by atoms with Gasteiger partial charge in [-0.15, -0.1) is 0 Å². The number of esters is 1. The van der Waals surface area contributed by atoms with Crippen molar-refractivity contribution in [2.24, 2.45) is 5.92 Å². The van der Waals surface area contributed by atoms with E-state index in [0.29, 0.717) is 18.1 Å².